The Morgan fingerprint density at radius 1 is 0.914 bits per heavy atom. The number of methoxy groups -OCH3 is 3. The SMILES string of the molecule is COC(=O)c1cc2c([nH]c3ccccc32)c(-c2ccc3c(OC)cc(NC(C)=O)c(OC)c3n2)n1. The van der Waals surface area contributed by atoms with Crippen LogP contribution in [0.25, 0.3) is 44.1 Å². The molecule has 0 radical (unpaired) electrons. The summed E-state index contributed by atoms with van der Waals surface area (Å²) in [6.07, 6.45) is 0. The number of anilines is 1. The summed E-state index contributed by atoms with van der Waals surface area (Å²) < 4.78 is 16.1. The van der Waals surface area contributed by atoms with Gasteiger partial charge in [-0.15, -0.1) is 0 Å². The van der Waals surface area contributed by atoms with Gasteiger partial charge in [-0.3, -0.25) is 4.79 Å². The number of H-pyrrole nitrogens is 1. The molecule has 35 heavy (non-hydrogen) atoms. The van der Waals surface area contributed by atoms with Crippen molar-refractivity contribution in [2.45, 2.75) is 6.92 Å². The number of pyridine rings is 2. The van der Waals surface area contributed by atoms with Gasteiger partial charge in [0.15, 0.2) is 5.75 Å². The number of aromatic nitrogens is 3. The van der Waals surface area contributed by atoms with Crippen molar-refractivity contribution >= 4 is 50.3 Å². The van der Waals surface area contributed by atoms with Crippen molar-refractivity contribution < 1.29 is 23.8 Å². The number of hydrogen-bond donors (Lipinski definition) is 2. The molecule has 5 rings (SSSR count). The minimum Gasteiger partial charge on any atom is -0.496 e. The molecule has 0 aliphatic rings. The third-order valence-corrected chi connectivity index (χ3v) is 5.76. The summed E-state index contributed by atoms with van der Waals surface area (Å²) in [7, 11) is 4.37. The Kier molecular flexibility index (Phi) is 5.44. The molecule has 0 fully saturated rings. The number of rotatable bonds is 5. The van der Waals surface area contributed by atoms with E-state index in [9.17, 15) is 9.59 Å². The molecule has 3 heterocycles. The van der Waals surface area contributed by atoms with Crippen LogP contribution in [0.2, 0.25) is 0 Å². The summed E-state index contributed by atoms with van der Waals surface area (Å²) in [5, 5.41) is 5.23. The second-order valence-electron chi connectivity index (χ2n) is 7.87. The average Bonchev–Trinajstić information content (AvgIpc) is 3.25. The molecule has 0 spiro atoms. The maximum absolute atomic E-state index is 12.5. The molecule has 176 valence electrons. The van der Waals surface area contributed by atoms with Gasteiger partial charge in [-0.05, 0) is 24.3 Å². The Bertz CT molecular complexity index is 1640. The van der Waals surface area contributed by atoms with Gasteiger partial charge in [-0.2, -0.15) is 0 Å². The third-order valence-electron chi connectivity index (χ3n) is 5.76. The summed E-state index contributed by atoms with van der Waals surface area (Å²) in [4.78, 5) is 37.1. The molecule has 0 atom stereocenters. The van der Waals surface area contributed by atoms with Crippen LogP contribution in [0.3, 0.4) is 0 Å². The number of carbonyl (C=O) groups excluding carboxylic acids is 2. The largest absolute Gasteiger partial charge is 0.496 e. The van der Waals surface area contributed by atoms with E-state index in [4.69, 9.17) is 19.2 Å². The lowest BCUT2D eigenvalue weighted by Crippen LogP contribution is -2.08. The molecule has 9 heteroatoms. The average molecular weight is 470 g/mol. The number of hydrogen-bond acceptors (Lipinski definition) is 7. The van der Waals surface area contributed by atoms with Crippen LogP contribution >= 0.6 is 0 Å². The molecule has 0 bridgehead atoms. The van der Waals surface area contributed by atoms with Gasteiger partial charge < -0.3 is 24.5 Å². The number of ether oxygens (including phenoxy) is 3. The van der Waals surface area contributed by atoms with Crippen molar-refractivity contribution in [3.05, 3.63) is 54.2 Å². The van der Waals surface area contributed by atoms with Crippen LogP contribution in [-0.4, -0.2) is 48.2 Å². The quantitative estimate of drug-likeness (QED) is 0.358. The zero-order valence-electron chi connectivity index (χ0n) is 19.6. The van der Waals surface area contributed by atoms with Crippen LogP contribution in [0.15, 0.2) is 48.5 Å². The Labute approximate surface area is 200 Å². The number of benzene rings is 2. The van der Waals surface area contributed by atoms with E-state index in [0.29, 0.717) is 39.5 Å². The molecule has 0 aliphatic carbocycles. The summed E-state index contributed by atoms with van der Waals surface area (Å²) in [5.41, 5.74) is 3.68. The molecule has 0 saturated heterocycles. The predicted molar refractivity (Wildman–Crippen MR) is 133 cm³/mol. The smallest absolute Gasteiger partial charge is 0.356 e. The molecule has 5 aromatic rings. The highest BCUT2D eigenvalue weighted by Crippen LogP contribution is 2.41. The molecule has 0 saturated carbocycles. The van der Waals surface area contributed by atoms with Crippen molar-refractivity contribution in [2.24, 2.45) is 0 Å². The van der Waals surface area contributed by atoms with Crippen LogP contribution in [0.4, 0.5) is 5.69 Å². The number of esters is 1. The summed E-state index contributed by atoms with van der Waals surface area (Å²) in [6.45, 7) is 1.41. The van der Waals surface area contributed by atoms with E-state index in [2.05, 4.69) is 15.3 Å². The van der Waals surface area contributed by atoms with E-state index in [-0.39, 0.29) is 11.6 Å². The standard InChI is InChI=1S/C26H22N4O5/c1-13(31)27-19-12-21(33-2)15-9-10-18(29-23(15)25(19)34-3)24-22-16(11-20(30-24)26(32)35-4)14-7-5-6-8-17(14)28-22/h5-12,28H,1-4H3,(H,27,31). The van der Waals surface area contributed by atoms with Gasteiger partial charge in [0.1, 0.15) is 22.7 Å². The lowest BCUT2D eigenvalue weighted by molar-refractivity contribution is -0.114. The van der Waals surface area contributed by atoms with E-state index in [1.807, 2.05) is 30.3 Å². The van der Waals surface area contributed by atoms with E-state index in [1.54, 1.807) is 25.3 Å². The molecule has 3 aromatic heterocycles. The summed E-state index contributed by atoms with van der Waals surface area (Å²) in [6, 6.07) is 14.8. The van der Waals surface area contributed by atoms with Gasteiger partial charge in [-0.1, -0.05) is 18.2 Å². The number of para-hydroxylation sites is 1. The number of nitrogens with one attached hydrogen (secondary N) is 2. The van der Waals surface area contributed by atoms with Gasteiger partial charge in [0.2, 0.25) is 5.91 Å². The highest BCUT2D eigenvalue weighted by atomic mass is 16.5. The first-order chi connectivity index (χ1) is 16.9. The fourth-order valence-electron chi connectivity index (χ4n) is 4.26. The van der Waals surface area contributed by atoms with Crippen LogP contribution in [-0.2, 0) is 9.53 Å². The van der Waals surface area contributed by atoms with E-state index in [0.717, 1.165) is 21.8 Å². The molecule has 0 aliphatic heterocycles. The minimum atomic E-state index is -0.550. The van der Waals surface area contributed by atoms with Gasteiger partial charge in [0.05, 0.1) is 38.2 Å². The van der Waals surface area contributed by atoms with Crippen molar-refractivity contribution in [2.75, 3.05) is 26.6 Å². The number of amides is 1. The molecular weight excluding hydrogens is 448 g/mol. The van der Waals surface area contributed by atoms with Crippen LogP contribution in [0.1, 0.15) is 17.4 Å². The lowest BCUT2D eigenvalue weighted by Gasteiger charge is -2.15. The van der Waals surface area contributed by atoms with E-state index >= 15 is 0 Å². The fourth-order valence-corrected chi connectivity index (χ4v) is 4.26. The van der Waals surface area contributed by atoms with Gasteiger partial charge in [-0.25, -0.2) is 14.8 Å². The second kappa shape index (κ2) is 8.60. The summed E-state index contributed by atoms with van der Waals surface area (Å²) >= 11 is 0. The van der Waals surface area contributed by atoms with Crippen molar-refractivity contribution in [1.29, 1.82) is 0 Å². The monoisotopic (exact) mass is 470 g/mol. The number of fused-ring (bicyclic) bond motifs is 4. The van der Waals surface area contributed by atoms with Crippen LogP contribution in [0.5, 0.6) is 11.5 Å². The van der Waals surface area contributed by atoms with Crippen LogP contribution < -0.4 is 14.8 Å². The molecule has 2 N–H and O–H groups in total. The van der Waals surface area contributed by atoms with Gasteiger partial charge in [0.25, 0.3) is 0 Å². The number of nitrogens with zero attached hydrogens (tertiary/aromatic N) is 2. The summed E-state index contributed by atoms with van der Waals surface area (Å²) in [5.74, 6) is 0.102. The maximum Gasteiger partial charge on any atom is 0.356 e. The first-order valence-corrected chi connectivity index (χ1v) is 10.8. The normalized spacial score (nSPS) is 11.1. The maximum atomic E-state index is 12.5. The first-order valence-electron chi connectivity index (χ1n) is 10.8. The minimum absolute atomic E-state index is 0.165. The zero-order chi connectivity index (χ0) is 24.7. The second-order valence-corrected chi connectivity index (χ2v) is 7.87. The van der Waals surface area contributed by atoms with Gasteiger partial charge >= 0.3 is 5.97 Å². The molecule has 9 nitrogen and oxygen atoms in total. The van der Waals surface area contributed by atoms with E-state index < -0.39 is 5.97 Å². The highest BCUT2D eigenvalue weighted by molar-refractivity contribution is 6.13. The zero-order valence-corrected chi connectivity index (χ0v) is 19.6. The van der Waals surface area contributed by atoms with Crippen molar-refractivity contribution in [3.63, 3.8) is 0 Å². The highest BCUT2D eigenvalue weighted by Gasteiger charge is 2.21. The number of carbonyl (C=O) groups is 2. The molecule has 1 amide bonds. The molecule has 2 aromatic carbocycles. The predicted octanol–water partition coefficient (Wildman–Crippen LogP) is 4.69. The third kappa shape index (κ3) is 3.67. The molecular formula is C26H22N4O5. The van der Waals surface area contributed by atoms with Crippen molar-refractivity contribution in [3.8, 4) is 22.9 Å². The Morgan fingerprint density at radius 2 is 1.71 bits per heavy atom. The topological polar surface area (TPSA) is 115 Å². The molecule has 0 unspecified atom stereocenters. The fraction of sp³-hybridized carbons (Fsp3) is 0.154. The van der Waals surface area contributed by atoms with Gasteiger partial charge in [0, 0.05) is 34.7 Å². The van der Waals surface area contributed by atoms with E-state index in [1.165, 1.54) is 21.1 Å². The van der Waals surface area contributed by atoms with Crippen molar-refractivity contribution in [1.82, 2.24) is 15.0 Å². The number of aromatic amines is 1. The Hall–Kier alpha value is -4.66. The Morgan fingerprint density at radius 3 is 2.43 bits per heavy atom. The first kappa shape index (κ1) is 22.1. The van der Waals surface area contributed by atoms with Crippen LogP contribution in [0, 0.1) is 0 Å². The Balaban J connectivity index is 1.84. The lowest BCUT2D eigenvalue weighted by atomic mass is 10.1.